The number of rotatable bonds is 9. The lowest BCUT2D eigenvalue weighted by atomic mass is 10.1. The van der Waals surface area contributed by atoms with Crippen molar-refractivity contribution in [2.45, 2.75) is 13.8 Å². The fourth-order valence-electron chi connectivity index (χ4n) is 2.96. The highest BCUT2D eigenvalue weighted by Crippen LogP contribution is 2.34. The van der Waals surface area contributed by atoms with E-state index in [4.69, 9.17) is 19.0 Å². The average Bonchev–Trinajstić information content (AvgIpc) is 3.24. The van der Waals surface area contributed by atoms with Crippen LogP contribution in [0, 0.1) is 0 Å². The zero-order valence-electron chi connectivity index (χ0n) is 17.3. The maximum Gasteiger partial charge on any atom is 0.309 e. The predicted octanol–water partition coefficient (Wildman–Crippen LogP) is 3.27. The first-order chi connectivity index (χ1) is 14.6. The summed E-state index contributed by atoms with van der Waals surface area (Å²) in [6, 6.07) is 10.7. The highest BCUT2D eigenvalue weighted by atomic mass is 16.5. The average molecular weight is 411 g/mol. The number of methoxy groups -OCH3 is 1. The fourth-order valence-corrected chi connectivity index (χ4v) is 2.96. The number of aromatic nitrogens is 2. The van der Waals surface area contributed by atoms with Gasteiger partial charge in [-0.2, -0.15) is 0 Å². The van der Waals surface area contributed by atoms with Crippen LogP contribution in [0.15, 0.2) is 47.0 Å². The Balaban J connectivity index is 2.03. The van der Waals surface area contributed by atoms with Gasteiger partial charge in [-0.15, -0.1) is 0 Å². The number of oxazole rings is 1. The summed E-state index contributed by atoms with van der Waals surface area (Å²) >= 11 is 0. The third-order valence-corrected chi connectivity index (χ3v) is 4.56. The van der Waals surface area contributed by atoms with Gasteiger partial charge in [-0.05, 0) is 44.2 Å². The molecule has 0 aliphatic heterocycles. The Morgan fingerprint density at radius 2 is 1.80 bits per heavy atom. The van der Waals surface area contributed by atoms with Gasteiger partial charge in [0.25, 0.3) is 5.89 Å². The smallest absolute Gasteiger partial charge is 0.309 e. The standard InChI is InChI=1S/C22H25N3O5/c1-4-25(5-2)22(27)21-24-19(16-8-11-18(28-3)23-14-16)20(30-21)15-6-9-17(10-7-15)29-13-12-26/h6-11,14,26H,4-5,12-13H2,1-3H3. The number of carbonyl (C=O) groups excluding carboxylic acids is 1. The first kappa shape index (κ1) is 21.3. The maximum atomic E-state index is 12.8. The summed E-state index contributed by atoms with van der Waals surface area (Å²) in [4.78, 5) is 23.2. The van der Waals surface area contributed by atoms with Crippen molar-refractivity contribution >= 4 is 5.91 Å². The van der Waals surface area contributed by atoms with Crippen LogP contribution in [0.1, 0.15) is 24.5 Å². The van der Waals surface area contributed by atoms with Gasteiger partial charge in [0.15, 0.2) is 5.76 Å². The number of nitrogens with zero attached hydrogens (tertiary/aromatic N) is 3. The van der Waals surface area contributed by atoms with Crippen molar-refractivity contribution in [3.63, 3.8) is 0 Å². The van der Waals surface area contributed by atoms with Gasteiger partial charge in [0.05, 0.1) is 13.7 Å². The molecule has 0 unspecified atom stereocenters. The zero-order chi connectivity index (χ0) is 21.5. The van der Waals surface area contributed by atoms with E-state index < -0.39 is 0 Å². The zero-order valence-corrected chi connectivity index (χ0v) is 17.3. The number of aliphatic hydroxyl groups is 1. The van der Waals surface area contributed by atoms with Gasteiger partial charge in [0.2, 0.25) is 5.88 Å². The topological polar surface area (TPSA) is 97.9 Å². The molecule has 0 saturated carbocycles. The molecule has 0 bridgehead atoms. The summed E-state index contributed by atoms with van der Waals surface area (Å²) in [7, 11) is 1.55. The molecule has 3 rings (SSSR count). The van der Waals surface area contributed by atoms with Gasteiger partial charge in [-0.25, -0.2) is 9.97 Å². The molecule has 1 amide bonds. The third kappa shape index (κ3) is 4.60. The van der Waals surface area contributed by atoms with E-state index in [1.807, 2.05) is 32.0 Å². The minimum Gasteiger partial charge on any atom is -0.491 e. The molecule has 2 aromatic heterocycles. The number of amides is 1. The molecule has 3 aromatic rings. The van der Waals surface area contributed by atoms with E-state index in [1.165, 1.54) is 0 Å². The van der Waals surface area contributed by atoms with Crippen molar-refractivity contribution in [1.82, 2.24) is 14.9 Å². The van der Waals surface area contributed by atoms with Gasteiger partial charge < -0.3 is 23.9 Å². The van der Waals surface area contributed by atoms with E-state index in [1.54, 1.807) is 36.4 Å². The van der Waals surface area contributed by atoms with E-state index in [2.05, 4.69) is 9.97 Å². The summed E-state index contributed by atoms with van der Waals surface area (Å²) in [6.07, 6.45) is 1.63. The molecule has 8 nitrogen and oxygen atoms in total. The molecule has 2 heterocycles. The van der Waals surface area contributed by atoms with Crippen molar-refractivity contribution < 1.29 is 23.8 Å². The number of pyridine rings is 1. The fraction of sp³-hybridized carbons (Fsp3) is 0.318. The van der Waals surface area contributed by atoms with Crippen LogP contribution in [-0.2, 0) is 0 Å². The molecule has 0 spiro atoms. The van der Waals surface area contributed by atoms with Gasteiger partial charge in [-0.3, -0.25) is 4.79 Å². The van der Waals surface area contributed by atoms with Crippen molar-refractivity contribution in [3.8, 4) is 34.2 Å². The molecule has 158 valence electrons. The van der Waals surface area contributed by atoms with E-state index in [0.717, 1.165) is 5.56 Å². The second-order valence-corrected chi connectivity index (χ2v) is 6.36. The van der Waals surface area contributed by atoms with Crippen molar-refractivity contribution in [2.24, 2.45) is 0 Å². The molecule has 1 aromatic carbocycles. The van der Waals surface area contributed by atoms with E-state index >= 15 is 0 Å². The number of hydrogen-bond acceptors (Lipinski definition) is 7. The summed E-state index contributed by atoms with van der Waals surface area (Å²) in [5.74, 6) is 1.33. The number of carbonyl (C=O) groups is 1. The van der Waals surface area contributed by atoms with Crippen LogP contribution in [0.5, 0.6) is 11.6 Å². The van der Waals surface area contributed by atoms with Crippen LogP contribution >= 0.6 is 0 Å². The molecular weight excluding hydrogens is 386 g/mol. The van der Waals surface area contributed by atoms with Gasteiger partial charge in [0.1, 0.15) is 18.1 Å². The van der Waals surface area contributed by atoms with Crippen LogP contribution in [0.2, 0.25) is 0 Å². The lowest BCUT2D eigenvalue weighted by molar-refractivity contribution is 0.0734. The van der Waals surface area contributed by atoms with Crippen molar-refractivity contribution in [1.29, 1.82) is 0 Å². The van der Waals surface area contributed by atoms with Gasteiger partial charge in [0, 0.05) is 36.5 Å². The van der Waals surface area contributed by atoms with Crippen molar-refractivity contribution in [3.05, 3.63) is 48.5 Å². The molecule has 0 aliphatic rings. The Labute approximate surface area is 175 Å². The molecule has 30 heavy (non-hydrogen) atoms. The number of hydrogen-bond donors (Lipinski definition) is 1. The number of ether oxygens (including phenoxy) is 2. The molecule has 0 atom stereocenters. The largest absolute Gasteiger partial charge is 0.491 e. The molecular formula is C22H25N3O5. The Kier molecular flexibility index (Phi) is 7.03. The van der Waals surface area contributed by atoms with E-state index in [0.29, 0.717) is 41.7 Å². The second-order valence-electron chi connectivity index (χ2n) is 6.36. The monoisotopic (exact) mass is 411 g/mol. The van der Waals surface area contributed by atoms with Crippen LogP contribution < -0.4 is 9.47 Å². The molecule has 0 fully saturated rings. The summed E-state index contributed by atoms with van der Waals surface area (Å²) in [5, 5.41) is 8.90. The Hall–Kier alpha value is -3.39. The summed E-state index contributed by atoms with van der Waals surface area (Å²) in [5.41, 5.74) is 1.96. The van der Waals surface area contributed by atoms with Crippen LogP contribution in [0.4, 0.5) is 0 Å². The van der Waals surface area contributed by atoms with Crippen LogP contribution in [0.25, 0.3) is 22.6 Å². The molecule has 8 heteroatoms. The number of benzene rings is 1. The first-order valence-electron chi connectivity index (χ1n) is 9.75. The third-order valence-electron chi connectivity index (χ3n) is 4.56. The summed E-state index contributed by atoms with van der Waals surface area (Å²) in [6.45, 7) is 5.09. The maximum absolute atomic E-state index is 12.8. The Bertz CT molecular complexity index is 963. The SMILES string of the molecule is CCN(CC)C(=O)c1nc(-c2ccc(OC)nc2)c(-c2ccc(OCCO)cc2)o1. The highest BCUT2D eigenvalue weighted by molar-refractivity contribution is 5.92. The second kappa shape index (κ2) is 9.89. The molecule has 0 aliphatic carbocycles. The quantitative estimate of drug-likeness (QED) is 0.577. The predicted molar refractivity (Wildman–Crippen MR) is 112 cm³/mol. The van der Waals surface area contributed by atoms with Gasteiger partial charge >= 0.3 is 5.91 Å². The lowest BCUT2D eigenvalue weighted by Gasteiger charge is -2.15. The minimum atomic E-state index is -0.267. The Morgan fingerprint density at radius 1 is 1.10 bits per heavy atom. The van der Waals surface area contributed by atoms with Crippen molar-refractivity contribution in [2.75, 3.05) is 33.4 Å². The van der Waals surface area contributed by atoms with Gasteiger partial charge in [-0.1, -0.05) is 0 Å². The van der Waals surface area contributed by atoms with Crippen LogP contribution in [-0.4, -0.2) is 59.3 Å². The highest BCUT2D eigenvalue weighted by Gasteiger charge is 2.24. The molecule has 0 saturated heterocycles. The Morgan fingerprint density at radius 3 is 2.37 bits per heavy atom. The number of aliphatic hydroxyl groups excluding tert-OH is 1. The summed E-state index contributed by atoms with van der Waals surface area (Å²) < 4.78 is 16.5. The first-order valence-corrected chi connectivity index (χ1v) is 9.75. The minimum absolute atomic E-state index is 0.0279. The molecule has 1 N–H and O–H groups in total. The molecule has 0 radical (unpaired) electrons. The van der Waals surface area contributed by atoms with Crippen LogP contribution in [0.3, 0.4) is 0 Å². The van der Waals surface area contributed by atoms with E-state index in [9.17, 15) is 4.79 Å². The lowest BCUT2D eigenvalue weighted by Crippen LogP contribution is -2.30. The van der Waals surface area contributed by atoms with E-state index in [-0.39, 0.29) is 25.0 Å². The normalized spacial score (nSPS) is 10.7.